The highest BCUT2D eigenvalue weighted by atomic mass is 16.5. The van der Waals surface area contributed by atoms with Crippen LogP contribution in [-0.2, 0) is 4.74 Å². The van der Waals surface area contributed by atoms with Crippen molar-refractivity contribution in [2.75, 3.05) is 32.8 Å². The van der Waals surface area contributed by atoms with E-state index in [-0.39, 0.29) is 0 Å². The van der Waals surface area contributed by atoms with Gasteiger partial charge in [0.05, 0.1) is 6.10 Å². The maximum absolute atomic E-state index is 5.81. The van der Waals surface area contributed by atoms with Gasteiger partial charge in [0.1, 0.15) is 0 Å². The molecule has 0 aliphatic carbocycles. The second-order valence-corrected chi connectivity index (χ2v) is 5.92. The van der Waals surface area contributed by atoms with Crippen LogP contribution in [0.15, 0.2) is 0 Å². The fourth-order valence-electron chi connectivity index (χ4n) is 3.42. The molecule has 2 heterocycles. The van der Waals surface area contributed by atoms with Gasteiger partial charge in [-0.25, -0.2) is 0 Å². The molecule has 18 heavy (non-hydrogen) atoms. The molecule has 2 aliphatic heterocycles. The smallest absolute Gasteiger partial charge is 0.0613 e. The Morgan fingerprint density at radius 1 is 1.28 bits per heavy atom. The Labute approximate surface area is 112 Å². The van der Waals surface area contributed by atoms with E-state index in [4.69, 9.17) is 4.74 Å². The summed E-state index contributed by atoms with van der Waals surface area (Å²) in [7, 11) is 0. The molecule has 2 saturated heterocycles. The largest absolute Gasteiger partial charge is 0.378 e. The van der Waals surface area contributed by atoms with Gasteiger partial charge in [0.2, 0.25) is 0 Å². The maximum Gasteiger partial charge on any atom is 0.0613 e. The van der Waals surface area contributed by atoms with Gasteiger partial charge in [0, 0.05) is 25.7 Å². The van der Waals surface area contributed by atoms with Crippen LogP contribution < -0.4 is 5.32 Å². The molecule has 2 fully saturated rings. The molecule has 3 heteroatoms. The Balaban J connectivity index is 1.74. The van der Waals surface area contributed by atoms with Gasteiger partial charge >= 0.3 is 0 Å². The first-order valence-electron chi connectivity index (χ1n) is 7.90. The van der Waals surface area contributed by atoms with Crippen molar-refractivity contribution in [2.45, 2.75) is 58.1 Å². The van der Waals surface area contributed by atoms with E-state index < -0.39 is 0 Å². The van der Waals surface area contributed by atoms with Gasteiger partial charge in [-0.2, -0.15) is 0 Å². The van der Waals surface area contributed by atoms with Crippen molar-refractivity contribution in [3.63, 3.8) is 0 Å². The predicted molar refractivity (Wildman–Crippen MR) is 75.9 cm³/mol. The lowest BCUT2D eigenvalue weighted by Gasteiger charge is -2.35. The average molecular weight is 254 g/mol. The number of rotatable bonds is 6. The zero-order chi connectivity index (χ0) is 12.8. The Hall–Kier alpha value is -0.120. The average Bonchev–Trinajstić information content (AvgIpc) is 2.84. The number of nitrogens with zero attached hydrogens (tertiary/aromatic N) is 1. The third-order valence-electron chi connectivity index (χ3n) is 4.43. The molecule has 0 aromatic carbocycles. The Morgan fingerprint density at radius 3 is 2.94 bits per heavy atom. The zero-order valence-electron chi connectivity index (χ0n) is 12.2. The van der Waals surface area contributed by atoms with Gasteiger partial charge < -0.3 is 15.0 Å². The molecule has 3 atom stereocenters. The van der Waals surface area contributed by atoms with Crippen LogP contribution in [-0.4, -0.2) is 49.8 Å². The first-order valence-corrected chi connectivity index (χ1v) is 7.90. The van der Waals surface area contributed by atoms with Crippen molar-refractivity contribution in [3.05, 3.63) is 0 Å². The van der Waals surface area contributed by atoms with Crippen molar-refractivity contribution < 1.29 is 4.74 Å². The molecule has 2 aliphatic rings. The summed E-state index contributed by atoms with van der Waals surface area (Å²) in [6, 6.07) is 0.723. The second kappa shape index (κ2) is 7.46. The topological polar surface area (TPSA) is 24.5 Å². The summed E-state index contributed by atoms with van der Waals surface area (Å²) in [5, 5.41) is 3.68. The van der Waals surface area contributed by atoms with Crippen molar-refractivity contribution in [1.82, 2.24) is 10.2 Å². The van der Waals surface area contributed by atoms with Gasteiger partial charge in [-0.05, 0) is 51.1 Å². The molecule has 3 nitrogen and oxygen atoms in total. The number of likely N-dealkylation sites (tertiary alicyclic amines) is 1. The third kappa shape index (κ3) is 3.94. The first-order chi connectivity index (χ1) is 8.83. The molecule has 0 aromatic heterocycles. The van der Waals surface area contributed by atoms with E-state index in [0.29, 0.717) is 6.10 Å². The van der Waals surface area contributed by atoms with Crippen LogP contribution in [0.5, 0.6) is 0 Å². The van der Waals surface area contributed by atoms with Crippen LogP contribution in [0, 0.1) is 5.92 Å². The second-order valence-electron chi connectivity index (χ2n) is 5.92. The lowest BCUT2D eigenvalue weighted by Crippen LogP contribution is -2.47. The summed E-state index contributed by atoms with van der Waals surface area (Å²) in [5.41, 5.74) is 0. The Kier molecular flexibility index (Phi) is 5.93. The fraction of sp³-hybridized carbons (Fsp3) is 1.00. The predicted octanol–water partition coefficient (Wildman–Crippen LogP) is 2.27. The van der Waals surface area contributed by atoms with Crippen LogP contribution >= 0.6 is 0 Å². The molecular weight excluding hydrogens is 224 g/mol. The zero-order valence-corrected chi connectivity index (χ0v) is 12.2. The minimum absolute atomic E-state index is 0.522. The van der Waals surface area contributed by atoms with Crippen molar-refractivity contribution in [1.29, 1.82) is 0 Å². The summed E-state index contributed by atoms with van der Waals surface area (Å²) < 4.78 is 5.81. The summed E-state index contributed by atoms with van der Waals surface area (Å²) in [6.45, 7) is 10.4. The van der Waals surface area contributed by atoms with Crippen molar-refractivity contribution >= 4 is 0 Å². The monoisotopic (exact) mass is 254 g/mol. The van der Waals surface area contributed by atoms with E-state index in [9.17, 15) is 0 Å². The van der Waals surface area contributed by atoms with Gasteiger partial charge in [-0.3, -0.25) is 0 Å². The highest BCUT2D eigenvalue weighted by molar-refractivity contribution is 4.83. The van der Waals surface area contributed by atoms with Crippen molar-refractivity contribution in [2.24, 2.45) is 5.92 Å². The van der Waals surface area contributed by atoms with Gasteiger partial charge in [-0.1, -0.05) is 13.8 Å². The molecule has 0 amide bonds. The SMILES string of the molecule is CCCNC1CCCN(CC2CCOC2CC)C1. The number of hydrogen-bond donors (Lipinski definition) is 1. The number of nitrogens with one attached hydrogen (secondary N) is 1. The van der Waals surface area contributed by atoms with Gasteiger partial charge in [0.25, 0.3) is 0 Å². The first kappa shape index (κ1) is 14.3. The molecular formula is C15H30N2O. The van der Waals surface area contributed by atoms with E-state index >= 15 is 0 Å². The molecule has 1 N–H and O–H groups in total. The molecule has 0 saturated carbocycles. The maximum atomic E-state index is 5.81. The molecule has 0 bridgehead atoms. The Bertz CT molecular complexity index is 235. The van der Waals surface area contributed by atoms with Crippen LogP contribution in [0.4, 0.5) is 0 Å². The van der Waals surface area contributed by atoms with Crippen LogP contribution in [0.1, 0.15) is 46.0 Å². The van der Waals surface area contributed by atoms with Gasteiger partial charge in [-0.15, -0.1) is 0 Å². The molecule has 0 radical (unpaired) electrons. The van der Waals surface area contributed by atoms with Crippen LogP contribution in [0.3, 0.4) is 0 Å². The standard InChI is InChI=1S/C15H30N2O/c1-3-8-16-14-6-5-9-17(12-14)11-13-7-10-18-15(13)4-2/h13-16H,3-12H2,1-2H3. The molecule has 106 valence electrons. The number of piperidine rings is 1. The van der Waals surface area contributed by atoms with E-state index in [2.05, 4.69) is 24.1 Å². The highest BCUT2D eigenvalue weighted by Crippen LogP contribution is 2.25. The van der Waals surface area contributed by atoms with Crippen LogP contribution in [0.2, 0.25) is 0 Å². The lowest BCUT2D eigenvalue weighted by molar-refractivity contribution is 0.0696. The normalized spacial score (nSPS) is 34.0. The molecule has 0 spiro atoms. The summed E-state index contributed by atoms with van der Waals surface area (Å²) in [6.07, 6.45) is 6.91. The third-order valence-corrected chi connectivity index (χ3v) is 4.43. The molecule has 3 unspecified atom stereocenters. The van der Waals surface area contributed by atoms with E-state index in [0.717, 1.165) is 18.6 Å². The summed E-state index contributed by atoms with van der Waals surface area (Å²) >= 11 is 0. The lowest BCUT2D eigenvalue weighted by atomic mass is 9.97. The minimum Gasteiger partial charge on any atom is -0.378 e. The van der Waals surface area contributed by atoms with Crippen LogP contribution in [0.25, 0.3) is 0 Å². The quantitative estimate of drug-likeness (QED) is 0.787. The minimum atomic E-state index is 0.522. The number of ether oxygens (including phenoxy) is 1. The van der Waals surface area contributed by atoms with E-state index in [1.807, 2.05) is 0 Å². The van der Waals surface area contributed by atoms with Crippen molar-refractivity contribution in [3.8, 4) is 0 Å². The highest BCUT2D eigenvalue weighted by Gasteiger charge is 2.30. The molecule has 2 rings (SSSR count). The van der Waals surface area contributed by atoms with E-state index in [1.165, 1.54) is 58.3 Å². The summed E-state index contributed by atoms with van der Waals surface area (Å²) in [4.78, 5) is 2.67. The number of hydrogen-bond acceptors (Lipinski definition) is 3. The summed E-state index contributed by atoms with van der Waals surface area (Å²) in [5.74, 6) is 0.778. The Morgan fingerprint density at radius 2 is 2.17 bits per heavy atom. The van der Waals surface area contributed by atoms with Gasteiger partial charge in [0.15, 0.2) is 0 Å². The molecule has 0 aromatic rings. The fourth-order valence-corrected chi connectivity index (χ4v) is 3.42. The van der Waals surface area contributed by atoms with E-state index in [1.54, 1.807) is 0 Å².